The number of esters is 1. The van der Waals surface area contributed by atoms with E-state index in [0.29, 0.717) is 6.61 Å². The number of nitrogens with one attached hydrogen (secondary N) is 1. The molecular formula is C15H27NO3. The molecule has 0 aromatic heterocycles. The molecule has 4 nitrogen and oxygen atoms in total. The van der Waals surface area contributed by atoms with Gasteiger partial charge in [0.1, 0.15) is 5.92 Å². The normalized spacial score (nSPS) is 19.8. The molecule has 1 atom stereocenters. The molecule has 1 fully saturated rings. The van der Waals surface area contributed by atoms with Crippen molar-refractivity contribution in [2.45, 2.75) is 65.8 Å². The van der Waals surface area contributed by atoms with Crippen molar-refractivity contribution in [1.29, 1.82) is 0 Å². The maximum absolute atomic E-state index is 12.5. The molecule has 0 aliphatic heterocycles. The third kappa shape index (κ3) is 4.22. The van der Waals surface area contributed by atoms with E-state index in [0.717, 1.165) is 25.7 Å². The Morgan fingerprint density at radius 2 is 1.79 bits per heavy atom. The Hall–Kier alpha value is -1.06. The molecule has 1 N–H and O–H groups in total. The summed E-state index contributed by atoms with van der Waals surface area (Å²) in [6.07, 6.45) is 4.24. The summed E-state index contributed by atoms with van der Waals surface area (Å²) >= 11 is 0. The Labute approximate surface area is 116 Å². The summed E-state index contributed by atoms with van der Waals surface area (Å²) in [5.74, 6) is -1.37. The first-order valence-corrected chi connectivity index (χ1v) is 7.18. The van der Waals surface area contributed by atoms with Crippen molar-refractivity contribution in [3.05, 3.63) is 0 Å². The van der Waals surface area contributed by atoms with Crippen LogP contribution in [0.2, 0.25) is 0 Å². The molecule has 1 rings (SSSR count). The van der Waals surface area contributed by atoms with Crippen LogP contribution in [0.3, 0.4) is 0 Å². The Kier molecular flexibility index (Phi) is 4.99. The minimum atomic E-state index is -0.745. The smallest absolute Gasteiger partial charge is 0.319 e. The van der Waals surface area contributed by atoms with Gasteiger partial charge in [-0.2, -0.15) is 0 Å². The zero-order valence-corrected chi connectivity index (χ0v) is 12.8. The summed E-state index contributed by atoms with van der Waals surface area (Å²) in [4.78, 5) is 24.5. The Bertz CT molecular complexity index is 338. The number of hydrogen-bond acceptors (Lipinski definition) is 3. The van der Waals surface area contributed by atoms with Crippen LogP contribution in [0.15, 0.2) is 0 Å². The molecule has 1 saturated carbocycles. The third-order valence-corrected chi connectivity index (χ3v) is 3.78. The van der Waals surface area contributed by atoms with Crippen LogP contribution in [0.4, 0.5) is 0 Å². The van der Waals surface area contributed by atoms with Crippen LogP contribution in [0.25, 0.3) is 0 Å². The van der Waals surface area contributed by atoms with E-state index in [4.69, 9.17) is 4.74 Å². The molecule has 0 saturated heterocycles. The molecule has 1 unspecified atom stereocenters. The lowest BCUT2D eigenvalue weighted by molar-refractivity contribution is -0.157. The van der Waals surface area contributed by atoms with Gasteiger partial charge in [-0.25, -0.2) is 0 Å². The van der Waals surface area contributed by atoms with Gasteiger partial charge in [0.25, 0.3) is 0 Å². The highest BCUT2D eigenvalue weighted by molar-refractivity contribution is 5.98. The minimum Gasteiger partial charge on any atom is -0.465 e. The SMILES string of the molecule is CCOC(=O)C(C(=O)NC1(C)CCCC1)C(C)(C)C. The fourth-order valence-corrected chi connectivity index (χ4v) is 2.73. The average Bonchev–Trinajstić information content (AvgIpc) is 2.62. The van der Waals surface area contributed by atoms with Gasteiger partial charge in [-0.15, -0.1) is 0 Å². The quantitative estimate of drug-likeness (QED) is 0.630. The Balaban J connectivity index is 2.80. The van der Waals surface area contributed by atoms with Crippen LogP contribution < -0.4 is 5.32 Å². The van der Waals surface area contributed by atoms with Crippen LogP contribution in [0, 0.1) is 11.3 Å². The lowest BCUT2D eigenvalue weighted by atomic mass is 9.79. The van der Waals surface area contributed by atoms with Gasteiger partial charge in [0.05, 0.1) is 6.61 Å². The summed E-state index contributed by atoms with van der Waals surface area (Å²) in [5, 5.41) is 3.06. The van der Waals surface area contributed by atoms with Gasteiger partial charge in [0.2, 0.25) is 5.91 Å². The Morgan fingerprint density at radius 3 is 2.21 bits per heavy atom. The second-order valence-electron chi connectivity index (χ2n) is 6.81. The molecule has 0 heterocycles. The molecule has 110 valence electrons. The maximum Gasteiger partial charge on any atom is 0.319 e. The van der Waals surface area contributed by atoms with E-state index in [2.05, 4.69) is 12.2 Å². The number of carbonyl (C=O) groups excluding carboxylic acids is 2. The highest BCUT2D eigenvalue weighted by Crippen LogP contribution is 2.32. The van der Waals surface area contributed by atoms with E-state index in [9.17, 15) is 9.59 Å². The van der Waals surface area contributed by atoms with Crippen LogP contribution in [-0.2, 0) is 14.3 Å². The molecule has 1 amide bonds. The first kappa shape index (κ1) is 16.0. The number of hydrogen-bond donors (Lipinski definition) is 1. The largest absolute Gasteiger partial charge is 0.465 e. The predicted molar refractivity (Wildman–Crippen MR) is 74.6 cm³/mol. The van der Waals surface area contributed by atoms with Crippen LogP contribution in [0.1, 0.15) is 60.3 Å². The number of amides is 1. The molecule has 0 radical (unpaired) electrons. The van der Waals surface area contributed by atoms with E-state index in [1.165, 1.54) is 0 Å². The Morgan fingerprint density at radius 1 is 1.26 bits per heavy atom. The fraction of sp³-hybridized carbons (Fsp3) is 0.867. The monoisotopic (exact) mass is 269 g/mol. The molecule has 19 heavy (non-hydrogen) atoms. The van der Waals surface area contributed by atoms with Crippen LogP contribution in [0.5, 0.6) is 0 Å². The summed E-state index contributed by atoms with van der Waals surface area (Å²) in [7, 11) is 0. The minimum absolute atomic E-state index is 0.160. The standard InChI is InChI=1S/C15H27NO3/c1-6-19-13(18)11(14(2,3)4)12(17)16-15(5)9-7-8-10-15/h11H,6-10H2,1-5H3,(H,16,17). The maximum atomic E-state index is 12.5. The van der Waals surface area contributed by atoms with Crippen molar-refractivity contribution in [3.63, 3.8) is 0 Å². The van der Waals surface area contributed by atoms with E-state index in [1.54, 1.807) is 6.92 Å². The van der Waals surface area contributed by atoms with Crippen molar-refractivity contribution in [2.75, 3.05) is 6.61 Å². The summed E-state index contributed by atoms with van der Waals surface area (Å²) in [5.41, 5.74) is -0.599. The van der Waals surface area contributed by atoms with Gasteiger partial charge in [-0.1, -0.05) is 33.6 Å². The van der Waals surface area contributed by atoms with Crippen molar-refractivity contribution < 1.29 is 14.3 Å². The van der Waals surface area contributed by atoms with Crippen molar-refractivity contribution >= 4 is 11.9 Å². The second-order valence-corrected chi connectivity index (χ2v) is 6.81. The molecule has 1 aliphatic carbocycles. The molecule has 0 aromatic carbocycles. The molecule has 1 aliphatic rings. The van der Waals surface area contributed by atoms with Gasteiger partial charge in [0.15, 0.2) is 0 Å². The van der Waals surface area contributed by atoms with Crippen molar-refractivity contribution in [2.24, 2.45) is 11.3 Å². The lowest BCUT2D eigenvalue weighted by Gasteiger charge is -2.32. The van der Waals surface area contributed by atoms with Gasteiger partial charge in [0, 0.05) is 5.54 Å². The third-order valence-electron chi connectivity index (χ3n) is 3.78. The van der Waals surface area contributed by atoms with Gasteiger partial charge in [-0.3, -0.25) is 9.59 Å². The zero-order chi connectivity index (χ0) is 14.7. The van der Waals surface area contributed by atoms with Gasteiger partial charge < -0.3 is 10.1 Å². The van der Waals surface area contributed by atoms with Gasteiger partial charge in [-0.05, 0) is 32.1 Å². The van der Waals surface area contributed by atoms with Crippen molar-refractivity contribution in [3.8, 4) is 0 Å². The van der Waals surface area contributed by atoms with E-state index < -0.39 is 17.3 Å². The molecular weight excluding hydrogens is 242 g/mol. The second kappa shape index (κ2) is 5.93. The van der Waals surface area contributed by atoms with Gasteiger partial charge >= 0.3 is 5.97 Å². The van der Waals surface area contributed by atoms with Crippen LogP contribution >= 0.6 is 0 Å². The predicted octanol–water partition coefficient (Wildman–Crippen LogP) is 2.66. The topological polar surface area (TPSA) is 55.4 Å². The number of rotatable bonds is 4. The fourth-order valence-electron chi connectivity index (χ4n) is 2.73. The van der Waals surface area contributed by atoms with E-state index in [1.807, 2.05) is 20.8 Å². The average molecular weight is 269 g/mol. The van der Waals surface area contributed by atoms with E-state index >= 15 is 0 Å². The first-order chi connectivity index (χ1) is 8.69. The lowest BCUT2D eigenvalue weighted by Crippen LogP contribution is -2.51. The summed E-state index contributed by atoms with van der Waals surface area (Å²) in [6, 6.07) is 0. The summed E-state index contributed by atoms with van der Waals surface area (Å²) in [6.45, 7) is 9.80. The van der Waals surface area contributed by atoms with Crippen LogP contribution in [-0.4, -0.2) is 24.0 Å². The van der Waals surface area contributed by atoms with Crippen molar-refractivity contribution in [1.82, 2.24) is 5.32 Å². The molecule has 0 bridgehead atoms. The highest BCUT2D eigenvalue weighted by Gasteiger charge is 2.42. The number of carbonyl (C=O) groups is 2. The molecule has 4 heteroatoms. The molecule has 0 spiro atoms. The zero-order valence-electron chi connectivity index (χ0n) is 12.8. The first-order valence-electron chi connectivity index (χ1n) is 7.18. The number of ether oxygens (including phenoxy) is 1. The summed E-state index contributed by atoms with van der Waals surface area (Å²) < 4.78 is 5.05. The highest BCUT2D eigenvalue weighted by atomic mass is 16.5. The molecule has 0 aromatic rings. The van der Waals surface area contributed by atoms with E-state index in [-0.39, 0.29) is 11.4 Å².